The predicted molar refractivity (Wildman–Crippen MR) is 42.6 cm³/mol. The molecule has 0 aliphatic heterocycles. The standard InChI is InChI=1S/C8H12O4.Zn/c1-5(2)8(11)12-4-6(3)7(9)10;/h6H,1,4H2,2-3H3,(H,9,10);. The van der Waals surface area contributed by atoms with Crippen LogP contribution in [0.3, 0.4) is 0 Å². The molecule has 1 unspecified atom stereocenters. The van der Waals surface area contributed by atoms with E-state index in [-0.39, 0.29) is 31.7 Å². The molecule has 5 heteroatoms. The molecule has 1 atom stereocenters. The topological polar surface area (TPSA) is 63.6 Å². The molecule has 0 aromatic heterocycles. The second-order valence-corrected chi connectivity index (χ2v) is 2.62. The number of carbonyl (C=O) groups excluding carboxylic acids is 1. The summed E-state index contributed by atoms with van der Waals surface area (Å²) in [4.78, 5) is 21.0. The van der Waals surface area contributed by atoms with Gasteiger partial charge in [0, 0.05) is 25.1 Å². The molecule has 0 bridgehead atoms. The van der Waals surface area contributed by atoms with Gasteiger partial charge >= 0.3 is 11.9 Å². The van der Waals surface area contributed by atoms with E-state index in [4.69, 9.17) is 5.11 Å². The Morgan fingerprint density at radius 1 is 1.54 bits per heavy atom. The fourth-order valence-corrected chi connectivity index (χ4v) is 0.395. The molecule has 0 fully saturated rings. The van der Waals surface area contributed by atoms with Gasteiger partial charge in [0.15, 0.2) is 0 Å². The van der Waals surface area contributed by atoms with Crippen LogP contribution in [0.25, 0.3) is 0 Å². The number of carboxylic acid groups (broad SMARTS) is 1. The molecule has 4 nitrogen and oxygen atoms in total. The molecular weight excluding hydrogens is 225 g/mol. The van der Waals surface area contributed by atoms with Gasteiger partial charge in [-0.3, -0.25) is 4.79 Å². The molecule has 0 saturated heterocycles. The number of carboxylic acids is 1. The summed E-state index contributed by atoms with van der Waals surface area (Å²) in [6.45, 7) is 6.22. The molecule has 0 radical (unpaired) electrons. The van der Waals surface area contributed by atoms with E-state index in [1.807, 2.05) is 0 Å². The molecule has 0 aliphatic carbocycles. The molecule has 0 aliphatic rings. The van der Waals surface area contributed by atoms with Gasteiger partial charge in [-0.2, -0.15) is 0 Å². The summed E-state index contributed by atoms with van der Waals surface area (Å²) in [5, 5.41) is 8.42. The van der Waals surface area contributed by atoms with Crippen LogP contribution >= 0.6 is 0 Å². The Morgan fingerprint density at radius 2 is 2.00 bits per heavy atom. The van der Waals surface area contributed by atoms with Crippen molar-refractivity contribution in [2.45, 2.75) is 13.8 Å². The van der Waals surface area contributed by atoms with Crippen LogP contribution < -0.4 is 0 Å². The van der Waals surface area contributed by atoms with Gasteiger partial charge in [-0.25, -0.2) is 4.79 Å². The van der Waals surface area contributed by atoms with Crippen LogP contribution in [0.2, 0.25) is 0 Å². The third-order valence-corrected chi connectivity index (χ3v) is 1.23. The number of rotatable bonds is 4. The first-order chi connectivity index (χ1) is 5.45. The van der Waals surface area contributed by atoms with Crippen molar-refractivity contribution in [1.82, 2.24) is 0 Å². The van der Waals surface area contributed by atoms with E-state index in [9.17, 15) is 9.59 Å². The normalized spacial score (nSPS) is 10.9. The number of aliphatic carboxylic acids is 1. The summed E-state index contributed by atoms with van der Waals surface area (Å²) >= 11 is 0. The first-order valence-corrected chi connectivity index (χ1v) is 3.50. The number of hydrogen-bond acceptors (Lipinski definition) is 3. The van der Waals surface area contributed by atoms with Crippen LogP contribution in [0.5, 0.6) is 0 Å². The zero-order valence-corrected chi connectivity index (χ0v) is 10.8. The van der Waals surface area contributed by atoms with Crippen LogP contribution in [0.1, 0.15) is 13.8 Å². The molecule has 0 spiro atoms. The van der Waals surface area contributed by atoms with Crippen molar-refractivity contribution in [3.05, 3.63) is 12.2 Å². The average Bonchev–Trinajstić information content (AvgIpc) is 1.98. The van der Waals surface area contributed by atoms with Crippen molar-refractivity contribution in [3.63, 3.8) is 0 Å². The number of hydrogen-bond donors (Lipinski definition) is 1. The maximum absolute atomic E-state index is 10.8. The van der Waals surface area contributed by atoms with E-state index in [1.165, 1.54) is 13.8 Å². The van der Waals surface area contributed by atoms with E-state index in [1.54, 1.807) is 0 Å². The van der Waals surface area contributed by atoms with Crippen molar-refractivity contribution in [2.24, 2.45) is 5.92 Å². The Hall–Kier alpha value is -0.697. The van der Waals surface area contributed by atoms with E-state index >= 15 is 0 Å². The fraction of sp³-hybridized carbons (Fsp3) is 0.500. The molecule has 0 amide bonds. The molecule has 0 heterocycles. The second-order valence-electron chi connectivity index (χ2n) is 2.62. The Balaban J connectivity index is 0. The first-order valence-electron chi connectivity index (χ1n) is 3.50. The summed E-state index contributed by atoms with van der Waals surface area (Å²) < 4.78 is 4.61. The van der Waals surface area contributed by atoms with Gasteiger partial charge < -0.3 is 9.84 Å². The molecule has 0 aromatic carbocycles. The van der Waals surface area contributed by atoms with Crippen LogP contribution in [-0.2, 0) is 33.8 Å². The van der Waals surface area contributed by atoms with Gasteiger partial charge in [0.1, 0.15) is 6.61 Å². The molecule has 13 heavy (non-hydrogen) atoms. The third kappa shape index (κ3) is 6.46. The Labute approximate surface area is 89.7 Å². The maximum Gasteiger partial charge on any atom is 0.333 e. The molecule has 1 N–H and O–H groups in total. The van der Waals surface area contributed by atoms with Crippen molar-refractivity contribution in [3.8, 4) is 0 Å². The third-order valence-electron chi connectivity index (χ3n) is 1.23. The molecule has 0 saturated carbocycles. The van der Waals surface area contributed by atoms with Gasteiger partial charge in [-0.05, 0) is 13.8 Å². The Kier molecular flexibility index (Phi) is 7.72. The SMILES string of the molecule is C=C(C)C(=O)OCC(C)C(=O)O.[Zn]. The van der Waals surface area contributed by atoms with Crippen molar-refractivity contribution in [2.75, 3.05) is 6.61 Å². The summed E-state index contributed by atoms with van der Waals surface area (Å²) in [5.41, 5.74) is 0.271. The average molecular weight is 238 g/mol. The van der Waals surface area contributed by atoms with E-state index in [2.05, 4.69) is 11.3 Å². The summed E-state index contributed by atoms with van der Waals surface area (Å²) in [7, 11) is 0. The Bertz CT molecular complexity index is 212. The van der Waals surface area contributed by atoms with Crippen molar-refractivity contribution < 1.29 is 38.9 Å². The quantitative estimate of drug-likeness (QED) is 0.447. The predicted octanol–water partition coefficient (Wildman–Crippen LogP) is 0.824. The monoisotopic (exact) mass is 236 g/mol. The van der Waals surface area contributed by atoms with E-state index in [0.717, 1.165) is 0 Å². The van der Waals surface area contributed by atoms with Gasteiger partial charge in [-0.1, -0.05) is 6.58 Å². The largest absolute Gasteiger partial charge is 0.481 e. The molecular formula is C8H12O4Zn. The first kappa shape index (κ1) is 14.8. The Morgan fingerprint density at radius 3 is 2.31 bits per heavy atom. The number of esters is 1. The van der Waals surface area contributed by atoms with Crippen molar-refractivity contribution >= 4 is 11.9 Å². The van der Waals surface area contributed by atoms with Gasteiger partial charge in [0.2, 0.25) is 0 Å². The zero-order chi connectivity index (χ0) is 9.72. The minimum Gasteiger partial charge on any atom is -0.481 e. The second kappa shape index (κ2) is 6.78. The molecule has 0 aromatic rings. The van der Waals surface area contributed by atoms with E-state index < -0.39 is 17.9 Å². The van der Waals surface area contributed by atoms with Gasteiger partial charge in [0.05, 0.1) is 5.92 Å². The molecule has 70 valence electrons. The number of carbonyl (C=O) groups is 2. The van der Waals surface area contributed by atoms with Crippen LogP contribution in [0.4, 0.5) is 0 Å². The maximum atomic E-state index is 10.8. The van der Waals surface area contributed by atoms with Gasteiger partial charge in [0.25, 0.3) is 0 Å². The van der Waals surface area contributed by atoms with Crippen molar-refractivity contribution in [1.29, 1.82) is 0 Å². The summed E-state index contributed by atoms with van der Waals surface area (Å²) in [5.74, 6) is -2.21. The summed E-state index contributed by atoms with van der Waals surface area (Å²) in [6, 6.07) is 0. The van der Waals surface area contributed by atoms with Crippen LogP contribution in [0.15, 0.2) is 12.2 Å². The minimum absolute atomic E-state index is 0. The van der Waals surface area contributed by atoms with E-state index in [0.29, 0.717) is 0 Å². The molecule has 0 rings (SSSR count). The number of ether oxygens (including phenoxy) is 1. The van der Waals surface area contributed by atoms with Gasteiger partial charge in [-0.15, -0.1) is 0 Å². The minimum atomic E-state index is -0.982. The fourth-order valence-electron chi connectivity index (χ4n) is 0.395. The zero-order valence-electron chi connectivity index (χ0n) is 7.87. The smallest absolute Gasteiger partial charge is 0.333 e. The summed E-state index contributed by atoms with van der Waals surface area (Å²) in [6.07, 6.45) is 0. The van der Waals surface area contributed by atoms with Crippen LogP contribution in [-0.4, -0.2) is 23.7 Å². The van der Waals surface area contributed by atoms with Crippen LogP contribution in [0, 0.1) is 5.92 Å².